The number of oxime groups is 1. The number of methoxy groups -OCH3 is 1. The lowest BCUT2D eigenvalue weighted by atomic mass is 10.1. The maximum Gasteiger partial charge on any atom is 0.280 e. The summed E-state index contributed by atoms with van der Waals surface area (Å²) < 4.78 is 35.4. The SMILES string of the molecule is COC[C@@H](C)ON=C(C(=O)Nc1nc2ccc(OCCO)nc2s1)c1ccc(S(=O)(=O)C2CC2)cc1. The molecule has 2 aromatic heterocycles. The number of nitrogens with zero attached hydrogens (tertiary/aromatic N) is 3. The third kappa shape index (κ3) is 6.16. The number of hydrogen-bond acceptors (Lipinski definition) is 11. The van der Waals surface area contributed by atoms with Crippen molar-refractivity contribution in [3.63, 3.8) is 0 Å². The Morgan fingerprint density at radius 2 is 1.97 bits per heavy atom. The zero-order valence-corrected chi connectivity index (χ0v) is 21.3. The van der Waals surface area contributed by atoms with Gasteiger partial charge in [-0.2, -0.15) is 0 Å². The molecule has 11 nitrogen and oxygen atoms in total. The highest BCUT2D eigenvalue weighted by molar-refractivity contribution is 7.92. The Bertz CT molecular complexity index is 1350. The first-order chi connectivity index (χ1) is 17.3. The normalized spacial score (nSPS) is 15.0. The highest BCUT2D eigenvalue weighted by Crippen LogP contribution is 2.33. The molecule has 0 aliphatic heterocycles. The fraction of sp³-hybridized carbons (Fsp3) is 0.391. The average Bonchev–Trinajstić information content (AvgIpc) is 3.65. The Kier molecular flexibility index (Phi) is 8.14. The summed E-state index contributed by atoms with van der Waals surface area (Å²) in [6.07, 6.45) is 0.906. The number of sulfone groups is 1. The molecule has 13 heteroatoms. The standard InChI is InChI=1S/C23H26N4O7S2/c1-14(13-32-2)34-27-20(15-3-5-16(6-4-15)36(30,31)17-7-8-17)21(29)26-23-24-18-9-10-19(33-12-11-28)25-22(18)35-23/h3-6,9-10,14,17,28H,7-8,11-13H2,1-2H3,(H,24,26,29)/t14-/m1/s1. The Balaban J connectivity index is 1.57. The molecule has 1 amide bonds. The predicted octanol–water partition coefficient (Wildman–Crippen LogP) is 2.39. The summed E-state index contributed by atoms with van der Waals surface area (Å²) in [5.41, 5.74) is 0.892. The number of nitrogens with one attached hydrogen (secondary N) is 1. The molecule has 0 bridgehead atoms. The van der Waals surface area contributed by atoms with Gasteiger partial charge in [0.15, 0.2) is 20.7 Å². The lowest BCUT2D eigenvalue weighted by Gasteiger charge is -2.11. The number of carbonyl (C=O) groups is 1. The number of thiazole rings is 1. The van der Waals surface area contributed by atoms with E-state index in [-0.39, 0.29) is 40.8 Å². The summed E-state index contributed by atoms with van der Waals surface area (Å²) in [5, 5.41) is 15.6. The van der Waals surface area contributed by atoms with E-state index in [1.54, 1.807) is 19.1 Å². The number of aromatic nitrogens is 2. The number of rotatable bonds is 12. The van der Waals surface area contributed by atoms with E-state index in [9.17, 15) is 13.2 Å². The van der Waals surface area contributed by atoms with Crippen LogP contribution in [0.2, 0.25) is 0 Å². The Hall–Kier alpha value is -3.13. The number of hydrogen-bond donors (Lipinski definition) is 2. The number of ether oxygens (including phenoxy) is 2. The Morgan fingerprint density at radius 1 is 1.22 bits per heavy atom. The van der Waals surface area contributed by atoms with Gasteiger partial charge in [-0.15, -0.1) is 0 Å². The van der Waals surface area contributed by atoms with Gasteiger partial charge in [0.25, 0.3) is 5.91 Å². The molecule has 4 rings (SSSR count). The first-order valence-electron chi connectivity index (χ1n) is 11.2. The summed E-state index contributed by atoms with van der Waals surface area (Å²) in [4.78, 5) is 28.1. The van der Waals surface area contributed by atoms with E-state index in [2.05, 4.69) is 20.4 Å². The third-order valence-electron chi connectivity index (χ3n) is 5.15. The van der Waals surface area contributed by atoms with Crippen molar-refractivity contribution in [1.82, 2.24) is 9.97 Å². The molecule has 1 aliphatic carbocycles. The van der Waals surface area contributed by atoms with Crippen molar-refractivity contribution in [1.29, 1.82) is 0 Å². The van der Waals surface area contributed by atoms with Crippen LogP contribution in [0.5, 0.6) is 5.88 Å². The van der Waals surface area contributed by atoms with Crippen LogP contribution in [0.25, 0.3) is 10.3 Å². The molecule has 1 aromatic carbocycles. The van der Waals surface area contributed by atoms with Crippen LogP contribution in [0, 0.1) is 0 Å². The zero-order chi connectivity index (χ0) is 25.7. The zero-order valence-electron chi connectivity index (χ0n) is 19.7. The molecule has 0 unspecified atom stereocenters. The summed E-state index contributed by atoms with van der Waals surface area (Å²) in [6, 6.07) is 9.33. The van der Waals surface area contributed by atoms with E-state index in [0.717, 1.165) is 11.3 Å². The second-order valence-corrected chi connectivity index (χ2v) is 11.3. The van der Waals surface area contributed by atoms with Crippen molar-refractivity contribution in [2.24, 2.45) is 5.16 Å². The van der Waals surface area contributed by atoms with Crippen LogP contribution >= 0.6 is 11.3 Å². The number of benzene rings is 1. The molecule has 2 heterocycles. The number of aliphatic hydroxyl groups is 1. The van der Waals surface area contributed by atoms with Crippen LogP contribution in [-0.2, 0) is 24.2 Å². The fourth-order valence-electron chi connectivity index (χ4n) is 3.25. The lowest BCUT2D eigenvalue weighted by molar-refractivity contribution is -0.110. The van der Waals surface area contributed by atoms with Crippen molar-refractivity contribution in [3.8, 4) is 5.88 Å². The molecule has 3 aromatic rings. The quantitative estimate of drug-likeness (QED) is 0.264. The first kappa shape index (κ1) is 25.9. The number of fused-ring (bicyclic) bond motifs is 1. The molecule has 1 saturated carbocycles. The molecule has 36 heavy (non-hydrogen) atoms. The molecule has 2 N–H and O–H groups in total. The maximum atomic E-state index is 13.2. The lowest BCUT2D eigenvalue weighted by Crippen LogP contribution is -2.25. The van der Waals surface area contributed by atoms with E-state index in [0.29, 0.717) is 34.6 Å². The summed E-state index contributed by atoms with van der Waals surface area (Å²) >= 11 is 1.14. The minimum absolute atomic E-state index is 0.0486. The van der Waals surface area contributed by atoms with Crippen LogP contribution in [0.15, 0.2) is 46.4 Å². The smallest absolute Gasteiger partial charge is 0.280 e. The number of aliphatic hydroxyl groups excluding tert-OH is 1. The van der Waals surface area contributed by atoms with Crippen LogP contribution in [-0.4, -0.2) is 73.4 Å². The van der Waals surface area contributed by atoms with Crippen molar-refractivity contribution in [2.45, 2.75) is 36.0 Å². The highest BCUT2D eigenvalue weighted by Gasteiger charge is 2.36. The van der Waals surface area contributed by atoms with Gasteiger partial charge in [-0.1, -0.05) is 28.6 Å². The predicted molar refractivity (Wildman–Crippen MR) is 134 cm³/mol. The van der Waals surface area contributed by atoms with Crippen LogP contribution in [0.1, 0.15) is 25.3 Å². The molecule has 192 valence electrons. The molecule has 0 radical (unpaired) electrons. The first-order valence-corrected chi connectivity index (χ1v) is 13.6. The fourth-order valence-corrected chi connectivity index (χ4v) is 5.73. The van der Waals surface area contributed by atoms with E-state index in [4.69, 9.17) is 19.4 Å². The molecular weight excluding hydrogens is 508 g/mol. The van der Waals surface area contributed by atoms with Gasteiger partial charge in [0.2, 0.25) is 5.88 Å². The van der Waals surface area contributed by atoms with Gasteiger partial charge >= 0.3 is 0 Å². The van der Waals surface area contributed by atoms with Crippen LogP contribution in [0.4, 0.5) is 5.13 Å². The van der Waals surface area contributed by atoms with Gasteiger partial charge in [0.1, 0.15) is 23.1 Å². The summed E-state index contributed by atoms with van der Waals surface area (Å²) in [6.45, 7) is 1.98. The molecule has 0 saturated heterocycles. The van der Waals surface area contributed by atoms with Crippen molar-refractivity contribution >= 4 is 48.3 Å². The molecular formula is C23H26N4O7S2. The highest BCUT2D eigenvalue weighted by atomic mass is 32.2. The molecule has 1 fully saturated rings. The molecule has 0 spiro atoms. The number of pyridine rings is 1. The molecule has 1 atom stereocenters. The van der Waals surface area contributed by atoms with Crippen molar-refractivity contribution in [3.05, 3.63) is 42.0 Å². The molecule has 1 aliphatic rings. The van der Waals surface area contributed by atoms with E-state index in [1.807, 2.05) is 0 Å². The largest absolute Gasteiger partial charge is 0.475 e. The van der Waals surface area contributed by atoms with E-state index in [1.165, 1.54) is 31.4 Å². The second kappa shape index (κ2) is 11.3. The topological polar surface area (TPSA) is 149 Å². The third-order valence-corrected chi connectivity index (χ3v) is 8.31. The van der Waals surface area contributed by atoms with Gasteiger partial charge in [-0.25, -0.2) is 18.4 Å². The van der Waals surface area contributed by atoms with Gasteiger partial charge in [-0.3, -0.25) is 10.1 Å². The van der Waals surface area contributed by atoms with Gasteiger partial charge in [0, 0.05) is 18.7 Å². The Morgan fingerprint density at radius 3 is 2.64 bits per heavy atom. The minimum Gasteiger partial charge on any atom is -0.475 e. The average molecular weight is 535 g/mol. The van der Waals surface area contributed by atoms with Gasteiger partial charge < -0.3 is 19.4 Å². The van der Waals surface area contributed by atoms with Crippen molar-refractivity contribution in [2.75, 3.05) is 32.2 Å². The summed E-state index contributed by atoms with van der Waals surface area (Å²) in [5.74, 6) is -0.254. The summed E-state index contributed by atoms with van der Waals surface area (Å²) in [7, 11) is -1.84. The monoisotopic (exact) mass is 534 g/mol. The number of amides is 1. The van der Waals surface area contributed by atoms with Gasteiger partial charge in [0.05, 0.1) is 23.4 Å². The number of carbonyl (C=O) groups excluding carboxylic acids is 1. The minimum atomic E-state index is -3.36. The van der Waals surface area contributed by atoms with Gasteiger partial charge in [-0.05, 0) is 38.0 Å². The van der Waals surface area contributed by atoms with E-state index < -0.39 is 21.8 Å². The maximum absolute atomic E-state index is 13.2. The van der Waals surface area contributed by atoms with Crippen LogP contribution in [0.3, 0.4) is 0 Å². The van der Waals surface area contributed by atoms with Crippen molar-refractivity contribution < 1.29 is 32.6 Å². The Labute approximate surface area is 212 Å². The number of anilines is 1. The second-order valence-electron chi connectivity index (χ2n) is 8.10. The van der Waals surface area contributed by atoms with Crippen LogP contribution < -0.4 is 10.1 Å². The van der Waals surface area contributed by atoms with E-state index >= 15 is 0 Å².